The van der Waals surface area contributed by atoms with Gasteiger partial charge in [-0.1, -0.05) is 32.0 Å². The number of carbonyl (C=O) groups excluding carboxylic acids is 3. The first-order valence-electron chi connectivity index (χ1n) is 20.5. The van der Waals surface area contributed by atoms with Crippen molar-refractivity contribution in [2.24, 2.45) is 11.8 Å². The highest BCUT2D eigenvalue weighted by atomic mass is 16.5. The molecule has 4 aromatic rings. The van der Waals surface area contributed by atoms with Gasteiger partial charge in [0.25, 0.3) is 5.91 Å². The number of aromatic hydroxyl groups is 2. The number of benzene rings is 2. The van der Waals surface area contributed by atoms with Crippen molar-refractivity contribution in [1.82, 2.24) is 39.5 Å². The number of nitrogens with two attached hydrogens (primary N) is 1. The molecule has 16 heteroatoms. The van der Waals surface area contributed by atoms with Crippen LogP contribution in [0.25, 0.3) is 11.4 Å². The Bertz CT molecular complexity index is 2290. The van der Waals surface area contributed by atoms with Gasteiger partial charge < -0.3 is 40.3 Å². The predicted octanol–water partition coefficient (Wildman–Crippen LogP) is 2.91. The number of rotatable bonds is 8. The number of phenolic OH excluding ortho intramolecular Hbond substituents is 2. The molecule has 5 aliphatic rings. The van der Waals surface area contributed by atoms with Crippen molar-refractivity contribution in [3.63, 3.8) is 0 Å². The van der Waals surface area contributed by atoms with Gasteiger partial charge in [-0.3, -0.25) is 19.3 Å². The summed E-state index contributed by atoms with van der Waals surface area (Å²) >= 11 is 0. The van der Waals surface area contributed by atoms with Gasteiger partial charge in [-0.15, -0.1) is 0 Å². The maximum atomic E-state index is 14.0. The van der Waals surface area contributed by atoms with E-state index < -0.39 is 0 Å². The molecule has 4 N–H and O–H groups in total. The molecule has 7 heterocycles. The zero-order chi connectivity index (χ0) is 40.9. The molecule has 16 nitrogen and oxygen atoms in total. The minimum atomic E-state index is -0.272. The largest absolute Gasteiger partial charge is 0.508 e. The number of aromatic nitrogens is 4. The van der Waals surface area contributed by atoms with E-state index in [9.17, 15) is 24.6 Å². The van der Waals surface area contributed by atoms with Gasteiger partial charge in [0.2, 0.25) is 17.8 Å². The lowest BCUT2D eigenvalue weighted by atomic mass is 9.97. The van der Waals surface area contributed by atoms with Gasteiger partial charge in [0.1, 0.15) is 17.3 Å². The molecule has 1 atom stereocenters. The molecule has 3 saturated heterocycles. The SMILES string of the molecule is CC(C)c1cc(C(=O)N2Cc3ccc(CN4CC(C(=O)N5CC[C@H](C(=O)N6CCc7c(nc(-c8cnc(N)nc8)nc7N7CCOCC7)C6)C5)C4)cc3C2)c(O)cc1O. The molecule has 2 aromatic carbocycles. The fraction of sp³-hybridized carbons (Fsp3) is 0.465. The molecule has 0 aliphatic carbocycles. The number of nitrogen functional groups attached to an aromatic ring is 1. The van der Waals surface area contributed by atoms with Crippen LogP contribution in [0.5, 0.6) is 11.5 Å². The van der Waals surface area contributed by atoms with Crippen LogP contribution in [0.4, 0.5) is 11.8 Å². The first-order chi connectivity index (χ1) is 28.5. The van der Waals surface area contributed by atoms with Gasteiger partial charge in [-0.2, -0.15) is 0 Å². The average molecular weight is 803 g/mol. The maximum Gasteiger partial charge on any atom is 0.258 e. The highest BCUT2D eigenvalue weighted by Gasteiger charge is 2.41. The van der Waals surface area contributed by atoms with E-state index in [0.29, 0.717) is 102 Å². The molecule has 3 fully saturated rings. The second-order valence-corrected chi connectivity index (χ2v) is 16.7. The number of fused-ring (bicyclic) bond motifs is 2. The summed E-state index contributed by atoms with van der Waals surface area (Å²) in [4.78, 5) is 69.2. The second-order valence-electron chi connectivity index (χ2n) is 16.7. The Hall–Kier alpha value is -5.87. The monoisotopic (exact) mass is 802 g/mol. The number of phenols is 2. The molecule has 5 aliphatic heterocycles. The van der Waals surface area contributed by atoms with Crippen LogP contribution >= 0.6 is 0 Å². The van der Waals surface area contributed by atoms with Gasteiger partial charge in [-0.25, -0.2) is 19.9 Å². The summed E-state index contributed by atoms with van der Waals surface area (Å²) in [5.74, 6) is 0.828. The van der Waals surface area contributed by atoms with Crippen molar-refractivity contribution in [1.29, 1.82) is 0 Å². The fourth-order valence-corrected chi connectivity index (χ4v) is 9.10. The summed E-state index contributed by atoms with van der Waals surface area (Å²) in [6, 6.07) is 9.11. The van der Waals surface area contributed by atoms with Crippen LogP contribution in [-0.4, -0.2) is 126 Å². The van der Waals surface area contributed by atoms with Crippen molar-refractivity contribution in [2.75, 3.05) is 69.7 Å². The lowest BCUT2D eigenvalue weighted by Gasteiger charge is -2.40. The average Bonchev–Trinajstić information content (AvgIpc) is 3.89. The van der Waals surface area contributed by atoms with Crippen LogP contribution in [0.15, 0.2) is 42.7 Å². The van der Waals surface area contributed by atoms with E-state index in [0.717, 1.165) is 46.9 Å². The minimum absolute atomic E-state index is 0.00199. The van der Waals surface area contributed by atoms with Gasteiger partial charge >= 0.3 is 0 Å². The first kappa shape index (κ1) is 38.6. The standard InChI is InChI=1S/C43H50N10O6/c1-25(2)33-14-34(37(55)15-36(33)54)42(58)53-21-27-4-3-26(13-29(27)23-53)18-49-19-31(20-49)41(57)51-7-5-28(22-51)40(56)52-8-6-32-35(24-52)47-38(30-16-45-43(44)46-17-30)48-39(32)50-9-11-59-12-10-50/h3-4,13-17,25,28,31,54-55H,5-12,18-24H2,1-2H3,(H2,44,45,46)/t28-/m0/s1. The molecular weight excluding hydrogens is 753 g/mol. The van der Waals surface area contributed by atoms with Gasteiger partial charge in [0, 0.05) is 89.5 Å². The van der Waals surface area contributed by atoms with E-state index >= 15 is 0 Å². The number of anilines is 2. The molecular formula is C43H50N10O6. The second kappa shape index (κ2) is 15.7. The van der Waals surface area contributed by atoms with E-state index in [2.05, 4.69) is 38.0 Å². The zero-order valence-corrected chi connectivity index (χ0v) is 33.5. The third kappa shape index (κ3) is 7.62. The molecule has 0 saturated carbocycles. The third-order valence-corrected chi connectivity index (χ3v) is 12.4. The van der Waals surface area contributed by atoms with Crippen molar-refractivity contribution >= 4 is 29.5 Å². The summed E-state index contributed by atoms with van der Waals surface area (Å²) in [7, 11) is 0. The van der Waals surface area contributed by atoms with E-state index in [1.807, 2.05) is 23.6 Å². The maximum absolute atomic E-state index is 14.0. The zero-order valence-electron chi connectivity index (χ0n) is 33.5. The van der Waals surface area contributed by atoms with Crippen molar-refractivity contribution in [3.05, 3.63) is 81.8 Å². The summed E-state index contributed by atoms with van der Waals surface area (Å²) in [5.41, 5.74) is 12.3. The van der Waals surface area contributed by atoms with Crippen LogP contribution in [-0.2, 0) is 46.9 Å². The molecule has 0 spiro atoms. The summed E-state index contributed by atoms with van der Waals surface area (Å²) in [6.45, 7) is 11.4. The Morgan fingerprint density at radius 1 is 0.831 bits per heavy atom. The number of hydrogen-bond donors (Lipinski definition) is 3. The normalized spacial score (nSPS) is 19.5. The minimum Gasteiger partial charge on any atom is -0.508 e. The number of likely N-dealkylation sites (tertiary alicyclic amines) is 2. The molecule has 0 unspecified atom stereocenters. The smallest absolute Gasteiger partial charge is 0.258 e. The van der Waals surface area contributed by atoms with E-state index in [-0.39, 0.29) is 58.5 Å². The predicted molar refractivity (Wildman–Crippen MR) is 217 cm³/mol. The number of amides is 3. The lowest BCUT2D eigenvalue weighted by molar-refractivity contribution is -0.141. The molecule has 3 amide bonds. The van der Waals surface area contributed by atoms with Crippen LogP contribution < -0.4 is 10.6 Å². The number of nitrogens with zero attached hydrogens (tertiary/aromatic N) is 9. The molecule has 0 bridgehead atoms. The molecule has 9 rings (SSSR count). The lowest BCUT2D eigenvalue weighted by Crippen LogP contribution is -2.53. The number of carbonyl (C=O) groups is 3. The van der Waals surface area contributed by atoms with E-state index in [1.165, 1.54) is 6.07 Å². The molecule has 2 aromatic heterocycles. The van der Waals surface area contributed by atoms with E-state index in [1.54, 1.807) is 23.4 Å². The summed E-state index contributed by atoms with van der Waals surface area (Å²) in [5, 5.41) is 20.7. The van der Waals surface area contributed by atoms with Crippen LogP contribution in [0, 0.1) is 11.8 Å². The number of ether oxygens (including phenoxy) is 1. The molecule has 0 radical (unpaired) electrons. The molecule has 59 heavy (non-hydrogen) atoms. The fourth-order valence-electron chi connectivity index (χ4n) is 9.10. The van der Waals surface area contributed by atoms with Crippen LogP contribution in [0.1, 0.15) is 70.1 Å². The Kier molecular flexibility index (Phi) is 10.3. The van der Waals surface area contributed by atoms with Crippen molar-refractivity contribution in [2.45, 2.75) is 58.8 Å². The Labute approximate surface area is 342 Å². The quantitative estimate of drug-likeness (QED) is 0.236. The topological polar surface area (TPSA) is 195 Å². The highest BCUT2D eigenvalue weighted by molar-refractivity contribution is 5.97. The third-order valence-electron chi connectivity index (χ3n) is 12.4. The summed E-state index contributed by atoms with van der Waals surface area (Å²) in [6.07, 6.45) is 4.52. The van der Waals surface area contributed by atoms with E-state index in [4.69, 9.17) is 20.4 Å². The van der Waals surface area contributed by atoms with Gasteiger partial charge in [0.15, 0.2) is 5.82 Å². The first-order valence-corrected chi connectivity index (χ1v) is 20.5. The van der Waals surface area contributed by atoms with Crippen LogP contribution in [0.3, 0.4) is 0 Å². The Balaban J connectivity index is 0.785. The Morgan fingerprint density at radius 3 is 2.34 bits per heavy atom. The van der Waals surface area contributed by atoms with Crippen molar-refractivity contribution in [3.8, 4) is 22.9 Å². The molecule has 308 valence electrons. The number of hydrogen-bond acceptors (Lipinski definition) is 13. The summed E-state index contributed by atoms with van der Waals surface area (Å²) < 4.78 is 5.60. The van der Waals surface area contributed by atoms with Gasteiger partial charge in [-0.05, 0) is 47.1 Å². The van der Waals surface area contributed by atoms with Gasteiger partial charge in [0.05, 0.1) is 48.4 Å². The van der Waals surface area contributed by atoms with Crippen molar-refractivity contribution < 1.29 is 29.3 Å². The Morgan fingerprint density at radius 2 is 1.58 bits per heavy atom. The number of morpholine rings is 1. The highest BCUT2D eigenvalue weighted by Crippen LogP contribution is 2.36. The van der Waals surface area contributed by atoms with Crippen LogP contribution in [0.2, 0.25) is 0 Å².